The first-order chi connectivity index (χ1) is 14.6. The van der Waals surface area contributed by atoms with Crippen LogP contribution in [-0.2, 0) is 6.42 Å². The predicted octanol–water partition coefficient (Wildman–Crippen LogP) is 4.29. The lowest BCUT2D eigenvalue weighted by molar-refractivity contribution is -0.0134. The molecule has 0 spiro atoms. The van der Waals surface area contributed by atoms with E-state index in [2.05, 4.69) is 40.0 Å². The monoisotopic (exact) mass is 403 g/mol. The highest BCUT2D eigenvalue weighted by Crippen LogP contribution is 2.51. The van der Waals surface area contributed by atoms with Crippen molar-refractivity contribution in [3.63, 3.8) is 0 Å². The average molecular weight is 404 g/mol. The lowest BCUT2D eigenvalue weighted by Gasteiger charge is -2.53. The Labute approximate surface area is 176 Å². The van der Waals surface area contributed by atoms with Crippen LogP contribution in [0.4, 0.5) is 0 Å². The minimum atomic E-state index is -0.138. The van der Waals surface area contributed by atoms with Crippen LogP contribution in [0.5, 0.6) is 5.88 Å². The first-order valence-electron chi connectivity index (χ1n) is 11.3. The first kappa shape index (κ1) is 18.3. The zero-order valence-corrected chi connectivity index (χ0v) is 17.7. The molecule has 156 valence electrons. The van der Waals surface area contributed by atoms with Gasteiger partial charge in [-0.1, -0.05) is 19.4 Å². The van der Waals surface area contributed by atoms with Crippen molar-refractivity contribution in [2.24, 2.45) is 11.8 Å². The molecule has 1 aromatic carbocycles. The number of aromatic nitrogens is 2. The topological polar surface area (TPSA) is 61.1 Å². The third-order valence-corrected chi connectivity index (χ3v) is 7.89. The smallest absolute Gasteiger partial charge is 0.251 e. The number of aromatic amines is 2. The highest BCUT2D eigenvalue weighted by molar-refractivity contribution is 5.89. The molecule has 1 saturated carbocycles. The molecule has 5 heterocycles. The van der Waals surface area contributed by atoms with Crippen LogP contribution in [0.1, 0.15) is 43.4 Å². The van der Waals surface area contributed by atoms with Gasteiger partial charge in [0.15, 0.2) is 5.88 Å². The maximum absolute atomic E-state index is 12.0. The number of pyridine rings is 1. The molecular weight excluding hydrogens is 374 g/mol. The highest BCUT2D eigenvalue weighted by atomic mass is 16.5. The van der Waals surface area contributed by atoms with Crippen molar-refractivity contribution < 1.29 is 4.74 Å². The minimum absolute atomic E-state index is 0.138. The summed E-state index contributed by atoms with van der Waals surface area (Å²) in [5.74, 6) is 2.81. The third-order valence-electron chi connectivity index (χ3n) is 7.89. The number of hydrogen-bond donors (Lipinski definition) is 2. The summed E-state index contributed by atoms with van der Waals surface area (Å²) >= 11 is 0. The fourth-order valence-electron chi connectivity index (χ4n) is 6.67. The number of H-pyrrole nitrogens is 2. The van der Waals surface area contributed by atoms with Crippen LogP contribution in [0.2, 0.25) is 0 Å². The van der Waals surface area contributed by atoms with Gasteiger partial charge in [-0.05, 0) is 59.9 Å². The normalized spacial score (nSPS) is 29.6. The Hall–Kier alpha value is -2.53. The van der Waals surface area contributed by atoms with E-state index in [1.807, 2.05) is 6.07 Å². The number of hydrogen-bond acceptors (Lipinski definition) is 3. The largest absolute Gasteiger partial charge is 0.482 e. The second-order valence-corrected chi connectivity index (χ2v) is 9.43. The lowest BCUT2D eigenvalue weighted by atomic mass is 9.65. The van der Waals surface area contributed by atoms with Gasteiger partial charge in [-0.3, -0.25) is 14.7 Å². The number of nitrogens with one attached hydrogen (secondary N) is 2. The van der Waals surface area contributed by atoms with E-state index in [1.54, 1.807) is 13.2 Å². The first-order valence-corrected chi connectivity index (χ1v) is 11.3. The van der Waals surface area contributed by atoms with E-state index in [1.165, 1.54) is 48.0 Å². The molecule has 0 radical (unpaired) electrons. The van der Waals surface area contributed by atoms with Gasteiger partial charge in [0, 0.05) is 53.8 Å². The molecule has 2 saturated heterocycles. The molecule has 7 rings (SSSR count). The summed E-state index contributed by atoms with van der Waals surface area (Å²) in [7, 11) is 1.58. The van der Waals surface area contributed by atoms with Crippen LogP contribution < -0.4 is 10.3 Å². The Bertz CT molecular complexity index is 1180. The van der Waals surface area contributed by atoms with Crippen molar-refractivity contribution in [2.45, 2.75) is 44.6 Å². The fourth-order valence-corrected chi connectivity index (χ4v) is 6.67. The van der Waals surface area contributed by atoms with Gasteiger partial charge in [0.1, 0.15) is 0 Å². The molecule has 2 aromatic heterocycles. The second kappa shape index (κ2) is 6.74. The van der Waals surface area contributed by atoms with E-state index < -0.39 is 0 Å². The van der Waals surface area contributed by atoms with E-state index in [-0.39, 0.29) is 5.56 Å². The van der Waals surface area contributed by atoms with Crippen molar-refractivity contribution in [1.29, 1.82) is 0 Å². The van der Waals surface area contributed by atoms with Crippen molar-refractivity contribution in [1.82, 2.24) is 14.9 Å². The predicted molar refractivity (Wildman–Crippen MR) is 119 cm³/mol. The Morgan fingerprint density at radius 1 is 1.13 bits per heavy atom. The summed E-state index contributed by atoms with van der Waals surface area (Å²) in [6, 6.07) is 10.8. The van der Waals surface area contributed by atoms with Gasteiger partial charge >= 0.3 is 0 Å². The summed E-state index contributed by atoms with van der Waals surface area (Å²) in [6.07, 6.45) is 5.14. The summed E-state index contributed by atoms with van der Waals surface area (Å²) in [6.45, 7) is 4.82. The van der Waals surface area contributed by atoms with Crippen molar-refractivity contribution in [3.8, 4) is 17.0 Å². The quantitative estimate of drug-likeness (QED) is 0.686. The van der Waals surface area contributed by atoms with Gasteiger partial charge in [0.25, 0.3) is 5.56 Å². The molecule has 5 heteroatoms. The third kappa shape index (κ3) is 2.68. The average Bonchev–Trinajstić information content (AvgIpc) is 3.09. The number of nitrogens with zero attached hydrogens (tertiary/aromatic N) is 1. The Morgan fingerprint density at radius 2 is 2.03 bits per heavy atom. The summed E-state index contributed by atoms with van der Waals surface area (Å²) in [4.78, 5) is 21.4. The van der Waals surface area contributed by atoms with Crippen molar-refractivity contribution in [2.75, 3.05) is 20.2 Å². The maximum Gasteiger partial charge on any atom is 0.251 e. The summed E-state index contributed by atoms with van der Waals surface area (Å²) in [5, 5.41) is 1.32. The SMILES string of the molecule is CCC1CC2CC3c4[nH]c5ccc(-c6cc(OC)[nH]c(=O)c6)cc5c4CCN(C2)C13. The molecule has 1 aliphatic carbocycles. The number of methoxy groups -OCH3 is 1. The molecule has 4 aliphatic rings. The molecule has 3 aromatic rings. The van der Waals surface area contributed by atoms with E-state index in [9.17, 15) is 4.79 Å². The molecule has 5 unspecified atom stereocenters. The van der Waals surface area contributed by atoms with Crippen LogP contribution in [0.3, 0.4) is 0 Å². The van der Waals surface area contributed by atoms with Gasteiger partial charge in [-0.2, -0.15) is 0 Å². The molecular formula is C25H29N3O2. The van der Waals surface area contributed by atoms with E-state index in [4.69, 9.17) is 4.74 Å². The standard InChI is InChI=1S/C25H29N3O2/c1-3-15-8-14-9-20-24-18(6-7-28(13-14)25(15)20)19-10-16(4-5-21(19)26-24)17-11-22(29)27-23(12-17)30-2/h4-5,10-12,14-15,20,25-26H,3,6-9,13H2,1-2H3,(H,27,29). The van der Waals surface area contributed by atoms with Gasteiger partial charge < -0.3 is 9.72 Å². The van der Waals surface area contributed by atoms with E-state index in [0.717, 1.165) is 35.9 Å². The van der Waals surface area contributed by atoms with Gasteiger partial charge in [-0.15, -0.1) is 0 Å². The molecule has 5 atom stereocenters. The van der Waals surface area contributed by atoms with Gasteiger partial charge in [0.2, 0.25) is 0 Å². The molecule has 5 nitrogen and oxygen atoms in total. The number of fused-ring (bicyclic) bond motifs is 4. The second-order valence-electron chi connectivity index (χ2n) is 9.43. The zero-order valence-electron chi connectivity index (χ0n) is 17.7. The molecule has 0 amide bonds. The fraction of sp³-hybridized carbons (Fsp3) is 0.480. The van der Waals surface area contributed by atoms with Crippen LogP contribution in [-0.4, -0.2) is 41.1 Å². The zero-order chi connectivity index (χ0) is 20.4. The molecule has 3 fully saturated rings. The molecule has 4 bridgehead atoms. The van der Waals surface area contributed by atoms with Crippen molar-refractivity contribution >= 4 is 10.9 Å². The highest BCUT2D eigenvalue weighted by Gasteiger charge is 2.48. The van der Waals surface area contributed by atoms with Crippen LogP contribution in [0.25, 0.3) is 22.0 Å². The Balaban J connectivity index is 1.47. The summed E-state index contributed by atoms with van der Waals surface area (Å²) in [5.41, 5.74) is 6.03. The Kier molecular flexibility index (Phi) is 4.10. The maximum atomic E-state index is 12.0. The van der Waals surface area contributed by atoms with Crippen LogP contribution in [0.15, 0.2) is 35.1 Å². The molecule has 2 N–H and O–H groups in total. The molecule has 30 heavy (non-hydrogen) atoms. The van der Waals surface area contributed by atoms with Gasteiger partial charge in [0.05, 0.1) is 7.11 Å². The van der Waals surface area contributed by atoms with Crippen molar-refractivity contribution in [3.05, 3.63) is 51.9 Å². The number of rotatable bonds is 3. The summed E-state index contributed by atoms with van der Waals surface area (Å²) < 4.78 is 5.27. The van der Waals surface area contributed by atoms with Crippen LogP contribution in [0, 0.1) is 11.8 Å². The minimum Gasteiger partial charge on any atom is -0.482 e. The Morgan fingerprint density at radius 3 is 2.87 bits per heavy atom. The molecule has 3 aliphatic heterocycles. The van der Waals surface area contributed by atoms with E-state index >= 15 is 0 Å². The van der Waals surface area contributed by atoms with Gasteiger partial charge in [-0.25, -0.2) is 0 Å². The number of benzene rings is 1. The van der Waals surface area contributed by atoms with E-state index in [0.29, 0.717) is 17.8 Å². The number of piperidine rings is 2. The lowest BCUT2D eigenvalue weighted by Crippen LogP contribution is -2.56. The number of ether oxygens (including phenoxy) is 1. The van der Waals surface area contributed by atoms with Crippen LogP contribution >= 0.6 is 0 Å².